The van der Waals surface area contributed by atoms with Gasteiger partial charge in [0.05, 0.1) is 0 Å². The molecular weight excluding hydrogens is 452 g/mol. The maximum atomic E-state index is 14.1. The van der Waals surface area contributed by atoms with E-state index in [0.29, 0.717) is 37.2 Å². The second-order valence-electron chi connectivity index (χ2n) is 9.82. The Morgan fingerprint density at radius 1 is 1.21 bits per heavy atom. The Balaban J connectivity index is 1.31. The van der Waals surface area contributed by atoms with Gasteiger partial charge in [-0.05, 0) is 43.7 Å². The van der Waals surface area contributed by atoms with Crippen LogP contribution in [0.4, 0.5) is 23.2 Å². The third-order valence-corrected chi connectivity index (χ3v) is 7.54. The number of amides is 2. The van der Waals surface area contributed by atoms with E-state index >= 15 is 0 Å². The fourth-order valence-corrected chi connectivity index (χ4v) is 5.67. The third-order valence-electron chi connectivity index (χ3n) is 7.54. The topological polar surface area (TPSA) is 64.7 Å². The van der Waals surface area contributed by atoms with Gasteiger partial charge in [0.1, 0.15) is 17.9 Å². The van der Waals surface area contributed by atoms with Crippen LogP contribution in [0.5, 0.6) is 0 Å². The Morgan fingerprint density at radius 2 is 1.97 bits per heavy atom. The highest BCUT2D eigenvalue weighted by Gasteiger charge is 2.48. The number of alkyl halides is 3. The van der Waals surface area contributed by atoms with E-state index in [4.69, 9.17) is 0 Å². The Kier molecular flexibility index (Phi) is 7.07. The number of fused-ring (bicyclic) bond motifs is 1. The quantitative estimate of drug-likeness (QED) is 0.645. The zero-order valence-electron chi connectivity index (χ0n) is 19.6. The lowest BCUT2D eigenvalue weighted by Gasteiger charge is -2.46. The second-order valence-corrected chi connectivity index (χ2v) is 9.82. The van der Waals surface area contributed by atoms with Gasteiger partial charge >= 0.3 is 6.18 Å². The largest absolute Gasteiger partial charge is 0.410 e. The molecule has 2 unspecified atom stereocenters. The van der Waals surface area contributed by atoms with Crippen LogP contribution in [0.15, 0.2) is 12.1 Å². The van der Waals surface area contributed by atoms with Crippen molar-refractivity contribution in [1.82, 2.24) is 15.1 Å². The summed E-state index contributed by atoms with van der Waals surface area (Å²) in [5.74, 6) is -0.894. The van der Waals surface area contributed by atoms with Crippen molar-refractivity contribution >= 4 is 17.5 Å². The van der Waals surface area contributed by atoms with Crippen molar-refractivity contribution in [2.45, 2.75) is 70.3 Å². The maximum Gasteiger partial charge on any atom is 0.410 e. The first kappa shape index (κ1) is 24.8. The molecule has 2 amide bonds. The summed E-state index contributed by atoms with van der Waals surface area (Å²) in [6.07, 6.45) is -0.868. The first-order chi connectivity index (χ1) is 16.0. The van der Waals surface area contributed by atoms with E-state index in [1.54, 1.807) is 6.07 Å². The molecule has 0 radical (unpaired) electrons. The lowest BCUT2D eigenvalue weighted by Crippen LogP contribution is -2.62. The minimum absolute atomic E-state index is 0.000200. The SMILES string of the molecule is CC(=O)N1CCN(C2CCC[C@@H](CNC(=O)C3Cc4c(F)ccc(C)c4N3)C2)C[C@@H]1C(F)(F)F. The molecule has 34 heavy (non-hydrogen) atoms. The molecule has 2 heterocycles. The zero-order chi connectivity index (χ0) is 24.6. The summed E-state index contributed by atoms with van der Waals surface area (Å²) in [4.78, 5) is 27.2. The molecule has 2 N–H and O–H groups in total. The molecule has 0 spiro atoms. The fourth-order valence-electron chi connectivity index (χ4n) is 5.67. The second kappa shape index (κ2) is 9.71. The number of halogens is 4. The van der Waals surface area contributed by atoms with E-state index in [2.05, 4.69) is 10.6 Å². The molecule has 2 aliphatic heterocycles. The van der Waals surface area contributed by atoms with Crippen molar-refractivity contribution in [1.29, 1.82) is 0 Å². The smallest absolute Gasteiger partial charge is 0.373 e. The predicted octanol–water partition coefficient (Wildman–Crippen LogP) is 3.24. The van der Waals surface area contributed by atoms with Crippen molar-refractivity contribution in [3.8, 4) is 0 Å². The molecule has 0 aromatic heterocycles. The van der Waals surface area contributed by atoms with Gasteiger partial charge in [0.2, 0.25) is 11.8 Å². The van der Waals surface area contributed by atoms with Crippen LogP contribution < -0.4 is 10.6 Å². The summed E-state index contributed by atoms with van der Waals surface area (Å²) in [5, 5.41) is 6.10. The van der Waals surface area contributed by atoms with Crippen LogP contribution in [-0.2, 0) is 16.0 Å². The third kappa shape index (κ3) is 5.16. The van der Waals surface area contributed by atoms with Crippen molar-refractivity contribution in [3.63, 3.8) is 0 Å². The highest BCUT2D eigenvalue weighted by Crippen LogP contribution is 2.34. The Labute approximate surface area is 197 Å². The molecule has 10 heteroatoms. The van der Waals surface area contributed by atoms with Crippen LogP contribution >= 0.6 is 0 Å². The Morgan fingerprint density at radius 3 is 2.65 bits per heavy atom. The van der Waals surface area contributed by atoms with Gasteiger partial charge in [-0.1, -0.05) is 12.5 Å². The van der Waals surface area contributed by atoms with Crippen molar-refractivity contribution in [3.05, 3.63) is 29.1 Å². The van der Waals surface area contributed by atoms with E-state index in [0.717, 1.165) is 29.7 Å². The first-order valence-electron chi connectivity index (χ1n) is 11.9. The average molecular weight is 485 g/mol. The predicted molar refractivity (Wildman–Crippen MR) is 120 cm³/mol. The number of carbonyl (C=O) groups is 2. The van der Waals surface area contributed by atoms with E-state index < -0.39 is 24.2 Å². The molecule has 1 saturated heterocycles. The first-order valence-corrected chi connectivity index (χ1v) is 11.9. The number of piperazine rings is 1. The lowest BCUT2D eigenvalue weighted by atomic mass is 9.84. The molecule has 1 aliphatic carbocycles. The molecule has 2 fully saturated rings. The van der Waals surface area contributed by atoms with Crippen molar-refractivity contribution in [2.75, 3.05) is 31.5 Å². The van der Waals surface area contributed by atoms with E-state index in [9.17, 15) is 27.2 Å². The van der Waals surface area contributed by atoms with E-state index in [-0.39, 0.29) is 36.8 Å². The number of hydrogen-bond acceptors (Lipinski definition) is 4. The molecule has 1 saturated carbocycles. The Bertz CT molecular complexity index is 907. The normalized spacial score (nSPS) is 27.8. The minimum Gasteiger partial charge on any atom is -0.373 e. The van der Waals surface area contributed by atoms with Gasteiger partial charge in [-0.2, -0.15) is 13.2 Å². The molecule has 0 bridgehead atoms. The number of carbonyl (C=O) groups excluding carboxylic acids is 2. The number of rotatable bonds is 4. The van der Waals surface area contributed by atoms with Gasteiger partial charge in [-0.3, -0.25) is 14.5 Å². The van der Waals surface area contributed by atoms with Crippen LogP contribution in [0.3, 0.4) is 0 Å². The monoisotopic (exact) mass is 484 g/mol. The summed E-state index contributed by atoms with van der Waals surface area (Å²) >= 11 is 0. The summed E-state index contributed by atoms with van der Waals surface area (Å²) in [6.45, 7) is 3.78. The van der Waals surface area contributed by atoms with Gasteiger partial charge in [-0.15, -0.1) is 0 Å². The summed E-state index contributed by atoms with van der Waals surface area (Å²) in [5.41, 5.74) is 2.10. The lowest BCUT2D eigenvalue weighted by molar-refractivity contribution is -0.202. The average Bonchev–Trinajstić information content (AvgIpc) is 3.26. The standard InChI is InChI=1S/C24H32F4N4O2/c1-14-6-7-19(25)18-11-20(30-22(14)18)23(34)29-12-16-4-3-5-17(10-16)31-8-9-32(15(2)33)21(13-31)24(26,27)28/h6-7,16-17,20-21,30H,3-5,8-13H2,1-2H3,(H,29,34)/t16-,17?,20?,21-/m1/s1. The minimum atomic E-state index is -4.46. The van der Waals surface area contributed by atoms with Gasteiger partial charge in [0.15, 0.2) is 0 Å². The summed E-state index contributed by atoms with van der Waals surface area (Å²) in [7, 11) is 0. The van der Waals surface area contributed by atoms with Gasteiger partial charge in [0, 0.05) is 56.8 Å². The highest BCUT2D eigenvalue weighted by atomic mass is 19.4. The van der Waals surface area contributed by atoms with Crippen molar-refractivity contribution < 1.29 is 27.2 Å². The molecule has 3 aliphatic rings. The molecule has 6 nitrogen and oxygen atoms in total. The van der Waals surface area contributed by atoms with Gasteiger partial charge < -0.3 is 15.5 Å². The van der Waals surface area contributed by atoms with Gasteiger partial charge in [-0.25, -0.2) is 4.39 Å². The summed E-state index contributed by atoms with van der Waals surface area (Å²) < 4.78 is 54.8. The highest BCUT2D eigenvalue weighted by molar-refractivity contribution is 5.88. The van der Waals surface area contributed by atoms with Crippen LogP contribution in [0.25, 0.3) is 0 Å². The van der Waals surface area contributed by atoms with E-state index in [1.807, 2.05) is 11.8 Å². The van der Waals surface area contributed by atoms with E-state index in [1.165, 1.54) is 13.0 Å². The van der Waals surface area contributed by atoms with Crippen LogP contribution in [0.1, 0.15) is 43.7 Å². The Hall–Kier alpha value is -2.36. The number of nitrogens with one attached hydrogen (secondary N) is 2. The maximum absolute atomic E-state index is 14.1. The molecule has 4 rings (SSSR count). The number of benzene rings is 1. The number of anilines is 1. The molecule has 1 aromatic rings. The molecule has 188 valence electrons. The molecular formula is C24H32F4N4O2. The summed E-state index contributed by atoms with van der Waals surface area (Å²) in [6, 6.07) is 0.788. The number of nitrogens with zero attached hydrogens (tertiary/aromatic N) is 2. The van der Waals surface area contributed by atoms with Crippen LogP contribution in [0.2, 0.25) is 0 Å². The number of hydrogen-bond donors (Lipinski definition) is 2. The zero-order valence-corrected chi connectivity index (χ0v) is 19.6. The number of aryl methyl sites for hydroxylation is 1. The van der Waals surface area contributed by atoms with Gasteiger partial charge in [0.25, 0.3) is 0 Å². The fraction of sp³-hybridized carbons (Fsp3) is 0.667. The van der Waals surface area contributed by atoms with Crippen molar-refractivity contribution in [2.24, 2.45) is 5.92 Å². The molecule has 1 aromatic carbocycles. The van der Waals surface area contributed by atoms with Crippen LogP contribution in [-0.4, -0.2) is 72.1 Å². The molecule has 4 atom stereocenters. The van der Waals surface area contributed by atoms with Crippen LogP contribution in [0, 0.1) is 18.7 Å².